The fourth-order valence-electron chi connectivity index (χ4n) is 1.68. The third-order valence-corrected chi connectivity index (χ3v) is 2.83. The molecule has 0 spiro atoms. The summed E-state index contributed by atoms with van der Waals surface area (Å²) < 4.78 is 21.4. The third-order valence-electron chi connectivity index (χ3n) is 2.83. The van der Waals surface area contributed by atoms with Gasteiger partial charge in [-0.25, -0.2) is 0 Å². The summed E-state index contributed by atoms with van der Waals surface area (Å²) in [6, 6.07) is 0. The first-order valence-electron chi connectivity index (χ1n) is 7.31. The normalized spacial score (nSPS) is 12.0. The lowest BCUT2D eigenvalue weighted by Gasteiger charge is -2.14. The van der Waals surface area contributed by atoms with Crippen LogP contribution in [0.25, 0.3) is 0 Å². The molecule has 0 rings (SSSR count). The molecular weight excluding hydrogens is 244 g/mol. The first-order chi connectivity index (χ1) is 9.29. The van der Waals surface area contributed by atoms with Crippen molar-refractivity contribution in [3.63, 3.8) is 0 Å². The van der Waals surface area contributed by atoms with Gasteiger partial charge in [-0.05, 0) is 12.8 Å². The molecule has 0 saturated heterocycles. The molecule has 4 heteroatoms. The van der Waals surface area contributed by atoms with E-state index in [0.29, 0.717) is 5.95 Å². The van der Waals surface area contributed by atoms with Gasteiger partial charge in [-0.2, -0.15) is 0 Å². The van der Waals surface area contributed by atoms with Gasteiger partial charge in [0.15, 0.2) is 12.6 Å². The topological polar surface area (TPSA) is 36.9 Å². The molecule has 0 aromatic rings. The van der Waals surface area contributed by atoms with E-state index < -0.39 is 0 Å². The molecule has 0 fully saturated rings. The quantitative estimate of drug-likeness (QED) is 0.286. The highest BCUT2D eigenvalue weighted by molar-refractivity contribution is 4.94. The van der Waals surface area contributed by atoms with E-state index in [1.54, 1.807) is 14.2 Å². The Hall–Kier alpha value is -0.900. The van der Waals surface area contributed by atoms with E-state index in [9.17, 15) is 0 Å². The Morgan fingerprint density at radius 1 is 0.842 bits per heavy atom. The first-order valence-corrected chi connectivity index (χ1v) is 7.31. The van der Waals surface area contributed by atoms with Crippen molar-refractivity contribution < 1.29 is 18.9 Å². The lowest BCUT2D eigenvalue weighted by Crippen LogP contribution is -2.06. The van der Waals surface area contributed by atoms with Crippen LogP contribution in [0.1, 0.15) is 58.8 Å². The lowest BCUT2D eigenvalue weighted by molar-refractivity contribution is -0.0746. The summed E-state index contributed by atoms with van der Waals surface area (Å²) in [7, 11) is 3.23. The molecule has 0 atom stereocenters. The van der Waals surface area contributed by atoms with E-state index in [-0.39, 0.29) is 6.79 Å². The van der Waals surface area contributed by atoms with Gasteiger partial charge in [-0.15, -0.1) is 0 Å². The molecule has 0 amide bonds. The van der Waals surface area contributed by atoms with Crippen LogP contribution in [-0.2, 0) is 18.9 Å². The van der Waals surface area contributed by atoms with Gasteiger partial charge in [0.1, 0.15) is 0 Å². The summed E-state index contributed by atoms with van der Waals surface area (Å²) in [6.07, 6.45) is 7.72. The maximum atomic E-state index is 5.47. The summed E-state index contributed by atoms with van der Waals surface area (Å²) in [4.78, 5) is 0. The second kappa shape index (κ2) is 13.5. The predicted molar refractivity (Wildman–Crippen MR) is 76.6 cm³/mol. The number of hydrogen-bond acceptors (Lipinski definition) is 4. The van der Waals surface area contributed by atoms with Gasteiger partial charge < -0.3 is 18.9 Å². The van der Waals surface area contributed by atoms with Gasteiger partial charge >= 0.3 is 5.95 Å². The maximum absolute atomic E-state index is 5.47. The van der Waals surface area contributed by atoms with Crippen LogP contribution in [0.2, 0.25) is 0 Å². The van der Waals surface area contributed by atoms with Crippen molar-refractivity contribution in [2.75, 3.05) is 27.6 Å². The van der Waals surface area contributed by atoms with E-state index in [1.165, 1.54) is 25.7 Å². The van der Waals surface area contributed by atoms with Crippen molar-refractivity contribution in [2.24, 2.45) is 0 Å². The number of ether oxygens (including phenoxy) is 4. The lowest BCUT2D eigenvalue weighted by atomic mass is 10.2. The molecule has 114 valence electrons. The van der Waals surface area contributed by atoms with E-state index in [2.05, 4.69) is 13.8 Å². The van der Waals surface area contributed by atoms with E-state index in [1.807, 2.05) is 0 Å². The number of methoxy groups -OCH3 is 2. The molecule has 19 heavy (non-hydrogen) atoms. The van der Waals surface area contributed by atoms with Crippen LogP contribution in [0.3, 0.4) is 0 Å². The Labute approximate surface area is 118 Å². The molecular formula is C15H30O4. The Morgan fingerprint density at radius 3 is 2.11 bits per heavy atom. The minimum atomic E-state index is 0.216. The van der Waals surface area contributed by atoms with Crippen molar-refractivity contribution in [1.29, 1.82) is 0 Å². The van der Waals surface area contributed by atoms with E-state index in [0.717, 1.165) is 31.6 Å². The first kappa shape index (κ1) is 18.1. The molecule has 0 saturated carbocycles. The standard InChI is InChI=1S/C15H30O4/c1-5-7-9-11-14(16-3)15(17-4)19-13-18-12-10-8-6-2/h5-13H2,1-4H3. The molecule has 0 aromatic heterocycles. The number of hydrogen-bond donors (Lipinski definition) is 0. The predicted octanol–water partition coefficient (Wildman–Crippen LogP) is 4.21. The summed E-state index contributed by atoms with van der Waals surface area (Å²) in [5, 5.41) is 0. The van der Waals surface area contributed by atoms with Crippen LogP contribution in [0, 0.1) is 0 Å². The maximum Gasteiger partial charge on any atom is 0.320 e. The van der Waals surface area contributed by atoms with Gasteiger partial charge in [0.2, 0.25) is 0 Å². The summed E-state index contributed by atoms with van der Waals surface area (Å²) in [6.45, 7) is 5.29. The largest absolute Gasteiger partial charge is 0.494 e. The van der Waals surface area contributed by atoms with Crippen LogP contribution < -0.4 is 0 Å². The Morgan fingerprint density at radius 2 is 1.53 bits per heavy atom. The minimum absolute atomic E-state index is 0.216. The number of allylic oxidation sites excluding steroid dienone is 1. The van der Waals surface area contributed by atoms with Crippen LogP contribution in [-0.4, -0.2) is 27.6 Å². The Balaban J connectivity index is 3.97. The van der Waals surface area contributed by atoms with Crippen LogP contribution in [0.5, 0.6) is 0 Å². The molecule has 0 radical (unpaired) electrons. The zero-order valence-electron chi connectivity index (χ0n) is 13.0. The Bertz CT molecular complexity index is 226. The van der Waals surface area contributed by atoms with Crippen molar-refractivity contribution in [1.82, 2.24) is 0 Å². The third kappa shape index (κ3) is 9.65. The molecule has 0 N–H and O–H groups in total. The van der Waals surface area contributed by atoms with Crippen molar-refractivity contribution in [3.8, 4) is 0 Å². The highest BCUT2D eigenvalue weighted by atomic mass is 16.7. The molecule has 0 aliphatic heterocycles. The molecule has 0 aliphatic rings. The minimum Gasteiger partial charge on any atom is -0.494 e. The SMILES string of the molecule is CCCCCOCOC(OC)=C(CCCCC)OC. The second-order valence-corrected chi connectivity index (χ2v) is 4.45. The molecule has 0 heterocycles. The second-order valence-electron chi connectivity index (χ2n) is 4.45. The molecule has 0 unspecified atom stereocenters. The van der Waals surface area contributed by atoms with Gasteiger partial charge in [0, 0.05) is 6.42 Å². The zero-order valence-corrected chi connectivity index (χ0v) is 13.0. The monoisotopic (exact) mass is 274 g/mol. The van der Waals surface area contributed by atoms with Crippen LogP contribution in [0.15, 0.2) is 11.7 Å². The van der Waals surface area contributed by atoms with Crippen molar-refractivity contribution >= 4 is 0 Å². The highest BCUT2D eigenvalue weighted by Crippen LogP contribution is 2.16. The number of rotatable bonds is 13. The zero-order chi connectivity index (χ0) is 14.3. The van der Waals surface area contributed by atoms with Crippen LogP contribution >= 0.6 is 0 Å². The fraction of sp³-hybridized carbons (Fsp3) is 0.867. The van der Waals surface area contributed by atoms with Gasteiger partial charge in [0.05, 0.1) is 20.8 Å². The van der Waals surface area contributed by atoms with Gasteiger partial charge in [-0.1, -0.05) is 39.5 Å². The summed E-state index contributed by atoms with van der Waals surface area (Å²) in [5.74, 6) is 1.20. The average Bonchev–Trinajstić information content (AvgIpc) is 2.44. The average molecular weight is 274 g/mol. The van der Waals surface area contributed by atoms with Crippen molar-refractivity contribution in [2.45, 2.75) is 58.8 Å². The highest BCUT2D eigenvalue weighted by Gasteiger charge is 2.09. The number of unbranched alkanes of at least 4 members (excludes halogenated alkanes) is 4. The molecule has 0 bridgehead atoms. The molecule has 0 aromatic carbocycles. The molecule has 0 aliphatic carbocycles. The van der Waals surface area contributed by atoms with Crippen LogP contribution in [0.4, 0.5) is 0 Å². The summed E-state index contributed by atoms with van der Waals surface area (Å²) in [5.41, 5.74) is 0. The van der Waals surface area contributed by atoms with E-state index in [4.69, 9.17) is 18.9 Å². The van der Waals surface area contributed by atoms with Crippen molar-refractivity contribution in [3.05, 3.63) is 11.7 Å². The smallest absolute Gasteiger partial charge is 0.320 e. The molecule has 4 nitrogen and oxygen atoms in total. The Kier molecular flexibility index (Phi) is 12.9. The van der Waals surface area contributed by atoms with Gasteiger partial charge in [0.25, 0.3) is 0 Å². The fourth-order valence-corrected chi connectivity index (χ4v) is 1.68. The van der Waals surface area contributed by atoms with Gasteiger partial charge in [-0.3, -0.25) is 0 Å². The van der Waals surface area contributed by atoms with E-state index >= 15 is 0 Å². The summed E-state index contributed by atoms with van der Waals surface area (Å²) >= 11 is 0.